The minimum Gasteiger partial charge on any atom is -0.508 e. The molecular weight excluding hydrogens is 357 g/mol. The van der Waals surface area contributed by atoms with E-state index in [0.29, 0.717) is 28.0 Å². The van der Waals surface area contributed by atoms with Gasteiger partial charge in [-0.2, -0.15) is 4.98 Å². The van der Waals surface area contributed by atoms with Crippen LogP contribution < -0.4 is 4.74 Å². The molecular formula is C19H11ClFN3O2. The summed E-state index contributed by atoms with van der Waals surface area (Å²) in [7, 11) is 0. The molecule has 4 aromatic rings. The van der Waals surface area contributed by atoms with Gasteiger partial charge >= 0.3 is 0 Å². The van der Waals surface area contributed by atoms with Gasteiger partial charge in [0.15, 0.2) is 5.82 Å². The molecule has 2 heterocycles. The lowest BCUT2D eigenvalue weighted by atomic mass is 10.2. The van der Waals surface area contributed by atoms with Crippen molar-refractivity contribution in [2.75, 3.05) is 0 Å². The number of phenolic OH excluding ortho intramolecular Hbond substituents is 1. The van der Waals surface area contributed by atoms with Crippen molar-refractivity contribution in [2.24, 2.45) is 0 Å². The zero-order valence-electron chi connectivity index (χ0n) is 13.2. The number of benzene rings is 2. The van der Waals surface area contributed by atoms with Gasteiger partial charge in [0.05, 0.1) is 15.9 Å². The van der Waals surface area contributed by atoms with E-state index < -0.39 is 5.82 Å². The Balaban J connectivity index is 1.87. The third-order valence-corrected chi connectivity index (χ3v) is 3.96. The lowest BCUT2D eigenvalue weighted by Gasteiger charge is -2.11. The first kappa shape index (κ1) is 16.2. The highest BCUT2D eigenvalue weighted by molar-refractivity contribution is 6.30. The number of aromatic nitrogens is 3. The highest BCUT2D eigenvalue weighted by atomic mass is 35.5. The van der Waals surface area contributed by atoms with Gasteiger partial charge in [0.1, 0.15) is 17.3 Å². The van der Waals surface area contributed by atoms with Crippen LogP contribution in [-0.2, 0) is 0 Å². The molecule has 0 bridgehead atoms. The van der Waals surface area contributed by atoms with Gasteiger partial charge in [0.25, 0.3) is 0 Å². The van der Waals surface area contributed by atoms with Crippen LogP contribution in [0.2, 0.25) is 5.02 Å². The first-order valence-electron chi connectivity index (χ1n) is 7.64. The first-order valence-corrected chi connectivity index (χ1v) is 8.02. The molecule has 0 aliphatic rings. The maximum absolute atomic E-state index is 13.4. The van der Waals surface area contributed by atoms with E-state index >= 15 is 0 Å². The number of rotatable bonds is 3. The molecule has 4 rings (SSSR count). The molecule has 1 N–H and O–H groups in total. The van der Waals surface area contributed by atoms with Gasteiger partial charge in [-0.15, -0.1) is 0 Å². The van der Waals surface area contributed by atoms with Crippen LogP contribution in [0.3, 0.4) is 0 Å². The number of phenols is 1. The van der Waals surface area contributed by atoms with E-state index in [-0.39, 0.29) is 16.7 Å². The van der Waals surface area contributed by atoms with Crippen LogP contribution in [0.15, 0.2) is 60.9 Å². The molecule has 0 amide bonds. The monoisotopic (exact) mass is 367 g/mol. The van der Waals surface area contributed by atoms with Gasteiger partial charge in [-0.05, 0) is 42.5 Å². The lowest BCUT2D eigenvalue weighted by molar-refractivity contribution is 0.463. The Hall–Kier alpha value is -3.25. The SMILES string of the molecule is Oc1ccc2nc(-c3cccnc3)nc(Oc3ccc(F)c(Cl)c3)c2c1. The van der Waals surface area contributed by atoms with E-state index in [2.05, 4.69) is 15.0 Å². The minimum absolute atomic E-state index is 0.0530. The Morgan fingerprint density at radius 1 is 1.04 bits per heavy atom. The summed E-state index contributed by atoms with van der Waals surface area (Å²) in [5.41, 5.74) is 1.30. The highest BCUT2D eigenvalue weighted by Gasteiger charge is 2.13. The zero-order valence-corrected chi connectivity index (χ0v) is 14.0. The van der Waals surface area contributed by atoms with Crippen molar-refractivity contribution in [2.45, 2.75) is 0 Å². The Labute approximate surface area is 152 Å². The van der Waals surface area contributed by atoms with Gasteiger partial charge in [0, 0.05) is 24.0 Å². The largest absolute Gasteiger partial charge is 0.508 e. The number of hydrogen-bond donors (Lipinski definition) is 1. The van der Waals surface area contributed by atoms with E-state index in [1.165, 1.54) is 30.3 Å². The molecule has 0 aliphatic heterocycles. The number of halogens is 2. The Bertz CT molecular complexity index is 1110. The van der Waals surface area contributed by atoms with Gasteiger partial charge in [-0.25, -0.2) is 9.37 Å². The number of nitrogens with zero attached hydrogens (tertiary/aromatic N) is 3. The van der Waals surface area contributed by atoms with Gasteiger partial charge < -0.3 is 9.84 Å². The van der Waals surface area contributed by atoms with Crippen LogP contribution >= 0.6 is 11.6 Å². The summed E-state index contributed by atoms with van der Waals surface area (Å²) in [6.07, 6.45) is 3.29. The summed E-state index contributed by atoms with van der Waals surface area (Å²) < 4.78 is 19.2. The molecule has 0 saturated heterocycles. The van der Waals surface area contributed by atoms with Gasteiger partial charge in [0.2, 0.25) is 5.88 Å². The topological polar surface area (TPSA) is 68.1 Å². The molecule has 0 fully saturated rings. The summed E-state index contributed by atoms with van der Waals surface area (Å²) in [6, 6.07) is 12.3. The Morgan fingerprint density at radius 3 is 2.69 bits per heavy atom. The fourth-order valence-corrected chi connectivity index (χ4v) is 2.61. The molecule has 0 spiro atoms. The molecule has 0 radical (unpaired) electrons. The summed E-state index contributed by atoms with van der Waals surface area (Å²) >= 11 is 5.81. The normalized spacial score (nSPS) is 10.8. The van der Waals surface area contributed by atoms with Crippen molar-refractivity contribution >= 4 is 22.5 Å². The highest BCUT2D eigenvalue weighted by Crippen LogP contribution is 2.33. The summed E-state index contributed by atoms with van der Waals surface area (Å²) in [5.74, 6) is 0.460. The average molecular weight is 368 g/mol. The molecule has 2 aromatic heterocycles. The summed E-state index contributed by atoms with van der Waals surface area (Å²) in [6.45, 7) is 0. The fraction of sp³-hybridized carbons (Fsp3) is 0. The second kappa shape index (κ2) is 6.57. The number of hydrogen-bond acceptors (Lipinski definition) is 5. The minimum atomic E-state index is -0.541. The molecule has 7 heteroatoms. The van der Waals surface area contributed by atoms with Crippen LogP contribution in [0, 0.1) is 5.82 Å². The van der Waals surface area contributed by atoms with Crippen molar-refractivity contribution < 1.29 is 14.2 Å². The predicted molar refractivity (Wildman–Crippen MR) is 95.9 cm³/mol. The van der Waals surface area contributed by atoms with E-state index in [9.17, 15) is 9.50 Å². The quantitative estimate of drug-likeness (QED) is 0.553. The summed E-state index contributed by atoms with van der Waals surface area (Å²) in [4.78, 5) is 13.0. The third-order valence-electron chi connectivity index (χ3n) is 3.67. The van der Waals surface area contributed by atoms with Crippen LogP contribution in [0.25, 0.3) is 22.3 Å². The number of fused-ring (bicyclic) bond motifs is 1. The predicted octanol–water partition coefficient (Wildman–Crippen LogP) is 4.98. The van der Waals surface area contributed by atoms with Crippen LogP contribution in [0.4, 0.5) is 4.39 Å². The molecule has 0 aliphatic carbocycles. The molecule has 2 aromatic carbocycles. The van der Waals surface area contributed by atoms with Crippen molar-refractivity contribution in [3.63, 3.8) is 0 Å². The Kier molecular flexibility index (Phi) is 4.10. The van der Waals surface area contributed by atoms with Gasteiger partial charge in [-0.3, -0.25) is 4.98 Å². The standard InChI is InChI=1S/C19H11ClFN3O2/c20-15-9-13(4-5-16(15)21)26-19-14-8-12(25)3-6-17(14)23-18(24-19)11-2-1-7-22-10-11/h1-10,25H. The van der Waals surface area contributed by atoms with Crippen molar-refractivity contribution in [1.82, 2.24) is 15.0 Å². The molecule has 26 heavy (non-hydrogen) atoms. The average Bonchev–Trinajstić information content (AvgIpc) is 2.65. The third kappa shape index (κ3) is 3.14. The second-order valence-electron chi connectivity index (χ2n) is 5.47. The van der Waals surface area contributed by atoms with E-state index in [4.69, 9.17) is 16.3 Å². The Morgan fingerprint density at radius 2 is 1.92 bits per heavy atom. The molecule has 128 valence electrons. The fourth-order valence-electron chi connectivity index (χ4n) is 2.44. The smallest absolute Gasteiger partial charge is 0.230 e. The maximum Gasteiger partial charge on any atom is 0.230 e. The first-order chi connectivity index (χ1) is 12.6. The maximum atomic E-state index is 13.4. The van der Waals surface area contributed by atoms with Crippen LogP contribution in [0.1, 0.15) is 0 Å². The van der Waals surface area contributed by atoms with Gasteiger partial charge in [-0.1, -0.05) is 11.6 Å². The summed E-state index contributed by atoms with van der Waals surface area (Å²) in [5, 5.41) is 10.2. The lowest BCUT2D eigenvalue weighted by Crippen LogP contribution is -1.96. The number of pyridine rings is 1. The number of aromatic hydroxyl groups is 1. The van der Waals surface area contributed by atoms with E-state index in [1.54, 1.807) is 24.5 Å². The number of ether oxygens (including phenoxy) is 1. The van der Waals surface area contributed by atoms with E-state index in [1.807, 2.05) is 6.07 Å². The molecule has 0 atom stereocenters. The van der Waals surface area contributed by atoms with Crippen LogP contribution in [0.5, 0.6) is 17.4 Å². The second-order valence-corrected chi connectivity index (χ2v) is 5.88. The van der Waals surface area contributed by atoms with Crippen molar-refractivity contribution in [3.05, 3.63) is 71.8 Å². The molecule has 0 saturated carbocycles. The van der Waals surface area contributed by atoms with Crippen LogP contribution in [-0.4, -0.2) is 20.1 Å². The molecule has 0 unspecified atom stereocenters. The van der Waals surface area contributed by atoms with E-state index in [0.717, 1.165) is 0 Å². The molecule has 5 nitrogen and oxygen atoms in total. The van der Waals surface area contributed by atoms with Crippen molar-refractivity contribution in [3.8, 4) is 28.8 Å². The zero-order chi connectivity index (χ0) is 18.1. The van der Waals surface area contributed by atoms with Crippen molar-refractivity contribution in [1.29, 1.82) is 0 Å².